The van der Waals surface area contributed by atoms with Gasteiger partial charge in [-0.3, -0.25) is 0 Å². The summed E-state index contributed by atoms with van der Waals surface area (Å²) in [6.45, 7) is 4.46. The number of hydrogen-bond donors (Lipinski definition) is 1. The molecule has 1 aromatic carbocycles. The predicted molar refractivity (Wildman–Crippen MR) is 86.0 cm³/mol. The summed E-state index contributed by atoms with van der Waals surface area (Å²) >= 11 is 0. The van der Waals surface area contributed by atoms with Crippen molar-refractivity contribution >= 4 is 5.69 Å². The number of fused-ring (bicyclic) bond motifs is 1. The molecule has 3 nitrogen and oxygen atoms in total. The maximum absolute atomic E-state index is 9.34. The highest BCUT2D eigenvalue weighted by molar-refractivity contribution is 5.55. The molecule has 2 N–H and O–H groups in total. The van der Waals surface area contributed by atoms with Crippen molar-refractivity contribution in [3.8, 4) is 6.07 Å². The predicted octanol–water partition coefficient (Wildman–Crippen LogP) is 3.10. The van der Waals surface area contributed by atoms with E-state index in [0.29, 0.717) is 11.8 Å². The van der Waals surface area contributed by atoms with E-state index in [1.807, 2.05) is 0 Å². The van der Waals surface area contributed by atoms with Gasteiger partial charge in [0.25, 0.3) is 0 Å². The van der Waals surface area contributed by atoms with Crippen LogP contribution >= 0.6 is 0 Å². The summed E-state index contributed by atoms with van der Waals surface area (Å²) in [7, 11) is 0. The highest BCUT2D eigenvalue weighted by atomic mass is 15.1. The zero-order valence-electron chi connectivity index (χ0n) is 12.9. The Hall–Kier alpha value is -1.53. The Morgan fingerprint density at radius 3 is 3.05 bits per heavy atom. The topological polar surface area (TPSA) is 53.0 Å². The highest BCUT2D eigenvalue weighted by Gasteiger charge is 2.39. The molecular weight excluding hydrogens is 258 g/mol. The molecule has 3 heteroatoms. The Morgan fingerprint density at radius 2 is 2.24 bits per heavy atom. The number of rotatable bonds is 3. The van der Waals surface area contributed by atoms with Gasteiger partial charge in [0, 0.05) is 18.8 Å². The highest BCUT2D eigenvalue weighted by Crippen LogP contribution is 2.37. The fraction of sp³-hybridized carbons (Fsp3) is 0.611. The summed E-state index contributed by atoms with van der Waals surface area (Å²) in [6.07, 6.45) is 5.28. The van der Waals surface area contributed by atoms with Crippen LogP contribution in [0.5, 0.6) is 0 Å². The van der Waals surface area contributed by atoms with E-state index >= 15 is 0 Å². The summed E-state index contributed by atoms with van der Waals surface area (Å²) in [5.41, 5.74) is 8.52. The van der Waals surface area contributed by atoms with E-state index in [0.717, 1.165) is 38.8 Å². The van der Waals surface area contributed by atoms with Crippen molar-refractivity contribution in [3.05, 3.63) is 29.8 Å². The summed E-state index contributed by atoms with van der Waals surface area (Å²) in [4.78, 5) is 2.50. The number of para-hydroxylation sites is 1. The van der Waals surface area contributed by atoms with E-state index in [2.05, 4.69) is 42.2 Å². The molecule has 1 aliphatic carbocycles. The van der Waals surface area contributed by atoms with Crippen LogP contribution in [0.1, 0.15) is 38.2 Å². The SMILES string of the molecule is CC1Cc2ccccc2N(CCC2CCCC2(N)C#N)C1. The minimum absolute atomic E-state index is 0.354. The van der Waals surface area contributed by atoms with Gasteiger partial charge in [-0.15, -0.1) is 0 Å². The lowest BCUT2D eigenvalue weighted by atomic mass is 9.86. The summed E-state index contributed by atoms with van der Waals surface area (Å²) < 4.78 is 0. The molecule has 0 spiro atoms. The molecule has 1 aromatic rings. The zero-order valence-corrected chi connectivity index (χ0v) is 12.9. The second-order valence-corrected chi connectivity index (χ2v) is 6.91. The molecule has 1 fully saturated rings. The maximum atomic E-state index is 9.34. The largest absolute Gasteiger partial charge is 0.371 e. The molecule has 0 aromatic heterocycles. The number of benzene rings is 1. The van der Waals surface area contributed by atoms with E-state index in [1.165, 1.54) is 17.7 Å². The lowest BCUT2D eigenvalue weighted by Gasteiger charge is -2.36. The molecule has 3 unspecified atom stereocenters. The molecule has 0 bridgehead atoms. The van der Waals surface area contributed by atoms with Crippen LogP contribution in [-0.2, 0) is 6.42 Å². The van der Waals surface area contributed by atoms with E-state index in [4.69, 9.17) is 5.73 Å². The van der Waals surface area contributed by atoms with Crippen molar-refractivity contribution in [1.29, 1.82) is 5.26 Å². The van der Waals surface area contributed by atoms with Crippen molar-refractivity contribution in [3.63, 3.8) is 0 Å². The van der Waals surface area contributed by atoms with Crippen LogP contribution < -0.4 is 10.6 Å². The lowest BCUT2D eigenvalue weighted by molar-refractivity contribution is 0.369. The van der Waals surface area contributed by atoms with E-state index < -0.39 is 5.54 Å². The van der Waals surface area contributed by atoms with E-state index in [-0.39, 0.29) is 0 Å². The molecule has 21 heavy (non-hydrogen) atoms. The smallest absolute Gasteiger partial charge is 0.107 e. The zero-order chi connectivity index (χ0) is 14.9. The maximum Gasteiger partial charge on any atom is 0.107 e. The first-order valence-electron chi connectivity index (χ1n) is 8.15. The first-order valence-corrected chi connectivity index (χ1v) is 8.15. The lowest BCUT2D eigenvalue weighted by Crippen LogP contribution is -2.44. The first-order chi connectivity index (χ1) is 10.1. The van der Waals surface area contributed by atoms with Crippen LogP contribution in [0.15, 0.2) is 24.3 Å². The van der Waals surface area contributed by atoms with Crippen LogP contribution in [0.25, 0.3) is 0 Å². The van der Waals surface area contributed by atoms with Gasteiger partial charge in [0.2, 0.25) is 0 Å². The molecule has 1 aliphatic heterocycles. The fourth-order valence-corrected chi connectivity index (χ4v) is 4.08. The molecule has 0 amide bonds. The van der Waals surface area contributed by atoms with Crippen LogP contribution in [0.4, 0.5) is 5.69 Å². The van der Waals surface area contributed by atoms with Crippen LogP contribution in [0.3, 0.4) is 0 Å². The van der Waals surface area contributed by atoms with E-state index in [1.54, 1.807) is 0 Å². The minimum atomic E-state index is -0.582. The summed E-state index contributed by atoms with van der Waals surface area (Å²) in [5, 5.41) is 9.34. The number of nitriles is 1. The Kier molecular flexibility index (Phi) is 3.91. The Morgan fingerprint density at radius 1 is 1.43 bits per heavy atom. The molecule has 2 aliphatic rings. The van der Waals surface area contributed by atoms with Gasteiger partial charge in [0.15, 0.2) is 0 Å². The molecule has 3 atom stereocenters. The van der Waals surface area contributed by atoms with Gasteiger partial charge in [0.1, 0.15) is 5.54 Å². The number of nitrogens with two attached hydrogens (primary N) is 1. The van der Waals surface area contributed by atoms with Gasteiger partial charge in [0.05, 0.1) is 6.07 Å². The van der Waals surface area contributed by atoms with Crippen molar-refractivity contribution in [2.45, 2.75) is 44.6 Å². The van der Waals surface area contributed by atoms with Crippen LogP contribution in [-0.4, -0.2) is 18.6 Å². The second-order valence-electron chi connectivity index (χ2n) is 6.91. The molecule has 1 heterocycles. The van der Waals surface area contributed by atoms with Crippen LogP contribution in [0, 0.1) is 23.2 Å². The molecule has 0 saturated heterocycles. The minimum Gasteiger partial charge on any atom is -0.371 e. The summed E-state index contributed by atoms with van der Waals surface area (Å²) in [6, 6.07) is 11.1. The van der Waals surface area contributed by atoms with E-state index in [9.17, 15) is 5.26 Å². The van der Waals surface area contributed by atoms with Crippen molar-refractivity contribution < 1.29 is 0 Å². The first kappa shape index (κ1) is 14.4. The van der Waals surface area contributed by atoms with Gasteiger partial charge < -0.3 is 10.6 Å². The fourth-order valence-electron chi connectivity index (χ4n) is 4.08. The van der Waals surface area contributed by atoms with Crippen molar-refractivity contribution in [2.24, 2.45) is 17.6 Å². The average molecular weight is 283 g/mol. The van der Waals surface area contributed by atoms with Crippen LogP contribution in [0.2, 0.25) is 0 Å². The number of nitrogens with zero attached hydrogens (tertiary/aromatic N) is 2. The third-order valence-electron chi connectivity index (χ3n) is 5.26. The third-order valence-corrected chi connectivity index (χ3v) is 5.26. The molecular formula is C18H25N3. The standard InChI is InChI=1S/C18H25N3/c1-14-11-15-5-2-3-7-17(15)21(12-14)10-8-16-6-4-9-18(16,20)13-19/h2-3,5,7,14,16H,4,6,8-12,20H2,1H3. The second kappa shape index (κ2) is 5.69. The quantitative estimate of drug-likeness (QED) is 0.927. The number of hydrogen-bond acceptors (Lipinski definition) is 3. The van der Waals surface area contributed by atoms with Gasteiger partial charge in [-0.1, -0.05) is 31.5 Å². The Balaban J connectivity index is 1.70. The number of anilines is 1. The van der Waals surface area contributed by atoms with Gasteiger partial charge in [-0.25, -0.2) is 0 Å². The summed E-state index contributed by atoms with van der Waals surface area (Å²) in [5.74, 6) is 1.05. The Bertz CT molecular complexity index is 548. The normalized spacial score (nSPS) is 31.8. The van der Waals surface area contributed by atoms with Gasteiger partial charge in [-0.2, -0.15) is 5.26 Å². The molecule has 3 rings (SSSR count). The van der Waals surface area contributed by atoms with Crippen molar-refractivity contribution in [2.75, 3.05) is 18.0 Å². The van der Waals surface area contributed by atoms with Crippen molar-refractivity contribution in [1.82, 2.24) is 0 Å². The molecule has 1 saturated carbocycles. The Labute approximate surface area is 127 Å². The molecule has 0 radical (unpaired) electrons. The monoisotopic (exact) mass is 283 g/mol. The molecule has 112 valence electrons. The third kappa shape index (κ3) is 2.78. The average Bonchev–Trinajstić information content (AvgIpc) is 2.86. The van der Waals surface area contributed by atoms with Gasteiger partial charge >= 0.3 is 0 Å². The van der Waals surface area contributed by atoms with Gasteiger partial charge in [-0.05, 0) is 49.1 Å².